The lowest BCUT2D eigenvalue weighted by molar-refractivity contribution is -0.147. The third-order valence-electron chi connectivity index (χ3n) is 5.46. The summed E-state index contributed by atoms with van der Waals surface area (Å²) < 4.78 is 8.71. The summed E-state index contributed by atoms with van der Waals surface area (Å²) in [4.78, 5) is 42.4. The molecule has 39 heavy (non-hydrogen) atoms. The Balaban J connectivity index is 1.50. The van der Waals surface area contributed by atoms with Gasteiger partial charge < -0.3 is 35.1 Å². The van der Waals surface area contributed by atoms with Crippen LogP contribution < -0.4 is 21.8 Å². The maximum atomic E-state index is 12.8. The second-order valence-corrected chi connectivity index (χ2v) is 8.65. The number of amides is 2. The minimum Gasteiger partial charge on any atom is -0.388 e. The van der Waals surface area contributed by atoms with Crippen LogP contribution in [-0.4, -0.2) is 52.0 Å². The van der Waals surface area contributed by atoms with Crippen LogP contribution in [0.4, 0.5) is 11.4 Å². The first kappa shape index (κ1) is 28.6. The molecule has 1 unspecified atom stereocenters. The first-order valence-electron chi connectivity index (χ1n) is 12.2. The summed E-state index contributed by atoms with van der Waals surface area (Å²) in [6.07, 6.45) is 8.54. The fourth-order valence-electron chi connectivity index (χ4n) is 3.54. The van der Waals surface area contributed by atoms with Crippen LogP contribution in [0.3, 0.4) is 0 Å². The van der Waals surface area contributed by atoms with Crippen molar-refractivity contribution in [1.82, 2.24) is 14.5 Å². The second kappa shape index (κ2) is 14.1. The maximum absolute atomic E-state index is 12.8. The lowest BCUT2D eigenvalue weighted by Gasteiger charge is -2.11. The maximum Gasteiger partial charge on any atom is 0.357 e. The zero-order valence-corrected chi connectivity index (χ0v) is 21.8. The highest BCUT2D eigenvalue weighted by molar-refractivity contribution is 6.04. The van der Waals surface area contributed by atoms with Gasteiger partial charge in [0, 0.05) is 45.9 Å². The number of aromatic nitrogens is 2. The standard InChI is InChI=1S/C27H31N7O5/c1-33-16-19(14-22(33)26(36)30-13-12-24(28)29)31-27(37)23-15-20(17-34(23)2)32-39-25(35)18-38-21-10-8-6-4-3-5-7-9-11-21/h4,6,14-17,21,32H,7,9,11-13,18H2,1-2H3,(H3,28,29)(H,30,36)(H,31,37)/b6-4-. The van der Waals surface area contributed by atoms with Gasteiger partial charge in [-0.3, -0.25) is 15.0 Å². The van der Waals surface area contributed by atoms with Gasteiger partial charge in [-0.05, 0) is 37.1 Å². The van der Waals surface area contributed by atoms with Crippen LogP contribution in [0.2, 0.25) is 0 Å². The van der Waals surface area contributed by atoms with Gasteiger partial charge >= 0.3 is 5.97 Å². The van der Waals surface area contributed by atoms with Gasteiger partial charge in [0.25, 0.3) is 11.8 Å². The molecule has 2 aromatic rings. The molecule has 2 aromatic heterocycles. The molecule has 3 rings (SSSR count). The highest BCUT2D eigenvalue weighted by atomic mass is 16.7. The van der Waals surface area contributed by atoms with Crippen molar-refractivity contribution in [3.05, 3.63) is 48.1 Å². The van der Waals surface area contributed by atoms with E-state index in [4.69, 9.17) is 20.7 Å². The van der Waals surface area contributed by atoms with E-state index in [0.29, 0.717) is 23.5 Å². The van der Waals surface area contributed by atoms with Crippen molar-refractivity contribution < 1.29 is 24.0 Å². The van der Waals surface area contributed by atoms with Gasteiger partial charge in [0.2, 0.25) is 0 Å². The first-order valence-corrected chi connectivity index (χ1v) is 12.2. The van der Waals surface area contributed by atoms with Crippen molar-refractivity contribution >= 4 is 35.0 Å². The average Bonchev–Trinajstić information content (AvgIpc) is 3.46. The van der Waals surface area contributed by atoms with Crippen LogP contribution in [0.25, 0.3) is 0 Å². The largest absolute Gasteiger partial charge is 0.388 e. The number of carbonyl (C=O) groups excluding carboxylic acids is 3. The topological polar surface area (TPSA) is 165 Å². The molecule has 2 amide bonds. The van der Waals surface area contributed by atoms with E-state index >= 15 is 0 Å². The second-order valence-electron chi connectivity index (χ2n) is 8.65. The minimum absolute atomic E-state index is 0.0192. The third kappa shape index (κ3) is 9.14. The van der Waals surface area contributed by atoms with Gasteiger partial charge in [-0.2, -0.15) is 0 Å². The zero-order valence-electron chi connectivity index (χ0n) is 21.8. The number of ether oxygens (including phenoxy) is 1. The van der Waals surface area contributed by atoms with Gasteiger partial charge in [0.15, 0.2) is 0 Å². The molecule has 0 saturated carbocycles. The summed E-state index contributed by atoms with van der Waals surface area (Å²) in [5, 5.41) is 12.6. The quantitative estimate of drug-likeness (QED) is 0.127. The number of rotatable bonds is 11. The number of nitrogens with zero attached hydrogens (tertiary/aromatic N) is 2. The van der Waals surface area contributed by atoms with E-state index in [-0.39, 0.29) is 37.0 Å². The molecule has 1 atom stereocenters. The fourth-order valence-corrected chi connectivity index (χ4v) is 3.54. The van der Waals surface area contributed by atoms with Crippen LogP contribution in [0.5, 0.6) is 0 Å². The number of amidine groups is 1. The van der Waals surface area contributed by atoms with Crippen LogP contribution in [0.15, 0.2) is 36.7 Å². The molecule has 12 heteroatoms. The van der Waals surface area contributed by atoms with E-state index in [0.717, 1.165) is 12.8 Å². The molecular weight excluding hydrogens is 502 g/mol. The SMILES string of the molecule is Cn1cc(NC(=O)c2cc(NOC(=O)COC3C#C/C=C\C#CCCC3)cn2C)cc1C(=O)NCCC(=N)N. The summed E-state index contributed by atoms with van der Waals surface area (Å²) in [7, 11) is 3.34. The summed E-state index contributed by atoms with van der Waals surface area (Å²) in [5.74, 6) is 10.2. The Morgan fingerprint density at radius 2 is 1.77 bits per heavy atom. The molecule has 1 aliphatic carbocycles. The van der Waals surface area contributed by atoms with Crippen LogP contribution in [0, 0.1) is 29.1 Å². The molecule has 0 spiro atoms. The highest BCUT2D eigenvalue weighted by Gasteiger charge is 2.17. The molecule has 0 aliphatic heterocycles. The van der Waals surface area contributed by atoms with E-state index in [1.165, 1.54) is 12.1 Å². The van der Waals surface area contributed by atoms with Gasteiger partial charge in [-0.15, -0.1) is 0 Å². The number of allylic oxidation sites excluding steroid dienone is 2. The molecule has 2 heterocycles. The molecular formula is C27H31N7O5. The summed E-state index contributed by atoms with van der Waals surface area (Å²) >= 11 is 0. The van der Waals surface area contributed by atoms with Gasteiger partial charge in [-0.25, -0.2) is 10.3 Å². The van der Waals surface area contributed by atoms with Crippen molar-refractivity contribution in [3.63, 3.8) is 0 Å². The van der Waals surface area contributed by atoms with Crippen molar-refractivity contribution in [2.24, 2.45) is 19.8 Å². The van der Waals surface area contributed by atoms with Crippen LogP contribution >= 0.6 is 0 Å². The predicted molar refractivity (Wildman–Crippen MR) is 146 cm³/mol. The lowest BCUT2D eigenvalue weighted by atomic mass is 10.1. The molecule has 0 radical (unpaired) electrons. The number of nitrogens with one attached hydrogen (secondary N) is 4. The molecule has 1 aliphatic rings. The van der Waals surface area contributed by atoms with Crippen molar-refractivity contribution in [2.75, 3.05) is 23.9 Å². The summed E-state index contributed by atoms with van der Waals surface area (Å²) in [6.45, 7) is -0.0562. The Morgan fingerprint density at radius 3 is 2.54 bits per heavy atom. The number of anilines is 2. The van der Waals surface area contributed by atoms with Gasteiger partial charge in [-0.1, -0.05) is 23.7 Å². The van der Waals surface area contributed by atoms with E-state index in [9.17, 15) is 14.4 Å². The molecule has 0 aromatic carbocycles. The van der Waals surface area contributed by atoms with Crippen LogP contribution in [0.1, 0.15) is 46.7 Å². The number of hydrogen-bond donors (Lipinski definition) is 5. The van der Waals surface area contributed by atoms with Crippen molar-refractivity contribution in [3.8, 4) is 23.7 Å². The van der Waals surface area contributed by atoms with E-state index in [2.05, 4.69) is 39.8 Å². The fraction of sp³-hybridized carbons (Fsp3) is 0.333. The van der Waals surface area contributed by atoms with E-state index in [1.807, 2.05) is 0 Å². The van der Waals surface area contributed by atoms with E-state index in [1.54, 1.807) is 47.8 Å². The lowest BCUT2D eigenvalue weighted by Crippen LogP contribution is -2.28. The summed E-state index contributed by atoms with van der Waals surface area (Å²) in [5.41, 5.74) is 9.26. The Morgan fingerprint density at radius 1 is 1.08 bits per heavy atom. The molecule has 0 saturated heterocycles. The molecule has 0 fully saturated rings. The van der Waals surface area contributed by atoms with E-state index < -0.39 is 18.0 Å². The monoisotopic (exact) mass is 533 g/mol. The number of hydrogen-bond acceptors (Lipinski definition) is 7. The Bertz CT molecular complexity index is 1380. The van der Waals surface area contributed by atoms with Crippen molar-refractivity contribution in [2.45, 2.75) is 31.8 Å². The normalized spacial score (nSPS) is 15.0. The molecule has 204 valence electrons. The molecule has 12 nitrogen and oxygen atoms in total. The Labute approximate surface area is 226 Å². The zero-order chi connectivity index (χ0) is 28.2. The average molecular weight is 534 g/mol. The Kier molecular flexibility index (Phi) is 10.4. The smallest absolute Gasteiger partial charge is 0.357 e. The first-order chi connectivity index (χ1) is 18.7. The highest BCUT2D eigenvalue weighted by Crippen LogP contribution is 2.17. The number of carbonyl (C=O) groups is 3. The predicted octanol–water partition coefficient (Wildman–Crippen LogP) is 1.67. The van der Waals surface area contributed by atoms with Crippen LogP contribution in [-0.2, 0) is 28.5 Å². The molecule has 0 bridgehead atoms. The van der Waals surface area contributed by atoms with Crippen molar-refractivity contribution in [1.29, 1.82) is 5.41 Å². The summed E-state index contributed by atoms with van der Waals surface area (Å²) in [6, 6.07) is 3.06. The number of aryl methyl sites for hydroxylation is 2. The minimum atomic E-state index is -0.641. The Hall–Kier alpha value is -4.94. The number of nitrogens with two attached hydrogens (primary N) is 1. The third-order valence-corrected chi connectivity index (χ3v) is 5.46. The molecule has 6 N–H and O–H groups in total. The van der Waals surface area contributed by atoms with Gasteiger partial charge in [0.1, 0.15) is 24.1 Å². The van der Waals surface area contributed by atoms with Gasteiger partial charge in [0.05, 0.1) is 17.2 Å².